The van der Waals surface area contributed by atoms with Gasteiger partial charge in [-0.3, -0.25) is 0 Å². The first-order chi connectivity index (χ1) is 25.0. The van der Waals surface area contributed by atoms with Crippen LogP contribution in [0, 0.1) is 0 Å². The number of unbranched alkanes of at least 4 members (excludes halogenated alkanes) is 18. The maximum atomic E-state index is 11.3. The van der Waals surface area contributed by atoms with Gasteiger partial charge in [0.15, 0.2) is 0 Å². The summed E-state index contributed by atoms with van der Waals surface area (Å²) in [7, 11) is -8.81. The van der Waals surface area contributed by atoms with Crippen LogP contribution in [-0.2, 0) is 33.1 Å². The Hall–Kier alpha value is -1.52. The maximum absolute atomic E-state index is 11.3. The summed E-state index contributed by atoms with van der Waals surface area (Å²) >= 11 is 0. The molecule has 0 aromatic heterocycles. The summed E-state index contributed by atoms with van der Waals surface area (Å²) in [4.78, 5) is -0.277. The molecule has 0 unspecified atom stereocenters. The van der Waals surface area contributed by atoms with E-state index in [-0.39, 0.29) is 47.5 Å². The summed E-state index contributed by atoms with van der Waals surface area (Å²) in [6.45, 7) is 4.49. The standard InChI is InChI=1S/2C22H32O3S.Ca/c2*1-2-3-4-5-6-7-8-9-10-11-13-19-14-12-15-20-16-17-21(18-22(19)20)26(23,24)25;/h2*12,14-18H,2-11,13H2,1H3,(H,23,24,25);/q;;+2/p-2. The molecular formula is C44H62CaO6S2. The van der Waals surface area contributed by atoms with Crippen molar-refractivity contribution in [3.8, 4) is 0 Å². The second-order valence-electron chi connectivity index (χ2n) is 14.4. The zero-order chi connectivity index (χ0) is 37.7. The first-order valence-corrected chi connectivity index (χ1v) is 22.8. The molecule has 6 nitrogen and oxygen atoms in total. The van der Waals surface area contributed by atoms with E-state index in [0.717, 1.165) is 58.4 Å². The minimum Gasteiger partial charge on any atom is -0.744 e. The number of aryl methyl sites for hydroxylation is 2. The van der Waals surface area contributed by atoms with E-state index in [0.29, 0.717) is 0 Å². The van der Waals surface area contributed by atoms with E-state index in [9.17, 15) is 25.9 Å². The number of hydrogen-bond acceptors (Lipinski definition) is 6. The molecule has 0 amide bonds. The summed E-state index contributed by atoms with van der Waals surface area (Å²) in [6.07, 6.45) is 27.8. The zero-order valence-electron chi connectivity index (χ0n) is 32.5. The van der Waals surface area contributed by atoms with Crippen molar-refractivity contribution in [3.63, 3.8) is 0 Å². The molecule has 0 atom stereocenters. The first-order valence-electron chi connectivity index (χ1n) is 20.0. The Labute approximate surface area is 351 Å². The summed E-state index contributed by atoms with van der Waals surface area (Å²) < 4.78 is 67.7. The van der Waals surface area contributed by atoms with E-state index in [1.165, 1.54) is 140 Å². The molecule has 0 bridgehead atoms. The van der Waals surface area contributed by atoms with Gasteiger partial charge in [-0.05, 0) is 82.6 Å². The number of rotatable bonds is 24. The Bertz CT molecular complexity index is 1700. The van der Waals surface area contributed by atoms with Gasteiger partial charge in [0.2, 0.25) is 0 Å². The molecule has 4 aromatic carbocycles. The quantitative estimate of drug-likeness (QED) is 0.0396. The minimum absolute atomic E-state index is 0. The average Bonchev–Trinajstić information content (AvgIpc) is 3.12. The van der Waals surface area contributed by atoms with E-state index < -0.39 is 20.2 Å². The van der Waals surface area contributed by atoms with E-state index in [1.54, 1.807) is 12.1 Å². The van der Waals surface area contributed by atoms with Crippen LogP contribution in [-0.4, -0.2) is 63.7 Å². The van der Waals surface area contributed by atoms with Gasteiger partial charge in [-0.25, -0.2) is 16.8 Å². The molecule has 9 heteroatoms. The average molecular weight is 791 g/mol. The van der Waals surface area contributed by atoms with Crippen molar-refractivity contribution in [3.05, 3.63) is 83.9 Å². The van der Waals surface area contributed by atoms with E-state index in [2.05, 4.69) is 13.8 Å². The van der Waals surface area contributed by atoms with Gasteiger partial charge in [0.25, 0.3) is 0 Å². The topological polar surface area (TPSA) is 114 Å². The number of hydrogen-bond donors (Lipinski definition) is 0. The van der Waals surface area contributed by atoms with Crippen LogP contribution in [0.5, 0.6) is 0 Å². The van der Waals surface area contributed by atoms with Gasteiger partial charge in [-0.15, -0.1) is 0 Å². The molecule has 4 aromatic rings. The first kappa shape index (κ1) is 47.6. The van der Waals surface area contributed by atoms with Crippen LogP contribution in [0.3, 0.4) is 0 Å². The molecule has 0 aliphatic rings. The molecule has 0 radical (unpaired) electrons. The molecule has 0 heterocycles. The van der Waals surface area contributed by atoms with Crippen LogP contribution in [0.2, 0.25) is 0 Å². The molecule has 0 aliphatic carbocycles. The molecule has 0 fully saturated rings. The second kappa shape index (κ2) is 26.4. The number of benzene rings is 4. The summed E-state index contributed by atoms with van der Waals surface area (Å²) in [5, 5.41) is 3.75. The zero-order valence-corrected chi connectivity index (χ0v) is 36.3. The van der Waals surface area contributed by atoms with E-state index >= 15 is 0 Å². The van der Waals surface area contributed by atoms with Crippen LogP contribution in [0.4, 0.5) is 0 Å². The van der Waals surface area contributed by atoms with Gasteiger partial charge < -0.3 is 9.11 Å². The van der Waals surface area contributed by atoms with Gasteiger partial charge in [0.1, 0.15) is 20.2 Å². The molecule has 0 saturated heterocycles. The van der Waals surface area contributed by atoms with Crippen molar-refractivity contribution in [1.82, 2.24) is 0 Å². The predicted octanol–water partition coefficient (Wildman–Crippen LogP) is 12.0. The molecule has 0 spiro atoms. The fourth-order valence-corrected chi connectivity index (χ4v) is 7.98. The van der Waals surface area contributed by atoms with Crippen LogP contribution >= 0.6 is 0 Å². The summed E-state index contributed by atoms with van der Waals surface area (Å²) in [6, 6.07) is 21.3. The third kappa shape index (κ3) is 18.3. The van der Waals surface area contributed by atoms with Gasteiger partial charge in [-0.1, -0.05) is 178 Å². The van der Waals surface area contributed by atoms with Crippen molar-refractivity contribution in [1.29, 1.82) is 0 Å². The summed E-state index contributed by atoms with van der Waals surface area (Å²) in [5.74, 6) is 0. The molecule has 288 valence electrons. The SMILES string of the molecule is CCCCCCCCCCCCc1cccc2ccc(S(=O)(=O)[O-])cc12.CCCCCCCCCCCCc1cccc2ccc(S(=O)(=O)[O-])cc12.[Ca+2]. The molecule has 4 rings (SSSR count). The van der Waals surface area contributed by atoms with Crippen LogP contribution in [0.15, 0.2) is 82.6 Å². The van der Waals surface area contributed by atoms with Gasteiger partial charge in [0.05, 0.1) is 9.79 Å². The second-order valence-corrected chi connectivity index (χ2v) is 17.1. The van der Waals surface area contributed by atoms with Crippen molar-refractivity contribution in [2.45, 2.75) is 165 Å². The van der Waals surface area contributed by atoms with Gasteiger partial charge >= 0.3 is 37.7 Å². The Morgan fingerprint density at radius 2 is 0.717 bits per heavy atom. The molecule has 53 heavy (non-hydrogen) atoms. The Morgan fingerprint density at radius 3 is 1.02 bits per heavy atom. The molecular weight excluding hydrogens is 729 g/mol. The Kier molecular flexibility index (Phi) is 23.7. The monoisotopic (exact) mass is 790 g/mol. The fourth-order valence-electron chi connectivity index (χ4n) is 6.99. The van der Waals surface area contributed by atoms with Gasteiger partial charge in [-0.2, -0.15) is 0 Å². The van der Waals surface area contributed by atoms with Gasteiger partial charge in [0, 0.05) is 0 Å². The maximum Gasteiger partial charge on any atom is 2.00 e. The third-order valence-corrected chi connectivity index (χ3v) is 11.7. The molecule has 0 saturated carbocycles. The molecule has 0 aliphatic heterocycles. The summed E-state index contributed by atoms with van der Waals surface area (Å²) in [5.41, 5.74) is 2.26. The van der Waals surface area contributed by atoms with E-state index in [1.807, 2.05) is 36.4 Å². The van der Waals surface area contributed by atoms with E-state index in [4.69, 9.17) is 0 Å². The van der Waals surface area contributed by atoms with Crippen molar-refractivity contribution in [2.24, 2.45) is 0 Å². The van der Waals surface area contributed by atoms with Crippen molar-refractivity contribution in [2.75, 3.05) is 0 Å². The smallest absolute Gasteiger partial charge is 0.744 e. The van der Waals surface area contributed by atoms with Crippen LogP contribution in [0.25, 0.3) is 21.5 Å². The Morgan fingerprint density at radius 1 is 0.415 bits per heavy atom. The number of fused-ring (bicyclic) bond motifs is 2. The third-order valence-electron chi connectivity index (χ3n) is 10.1. The largest absolute Gasteiger partial charge is 2.00 e. The fraction of sp³-hybridized carbons (Fsp3) is 0.545. The van der Waals surface area contributed by atoms with Crippen molar-refractivity contribution < 1.29 is 25.9 Å². The van der Waals surface area contributed by atoms with Crippen molar-refractivity contribution >= 4 is 79.5 Å². The van der Waals surface area contributed by atoms with Crippen LogP contribution < -0.4 is 0 Å². The normalized spacial score (nSPS) is 11.7. The molecule has 0 N–H and O–H groups in total. The van der Waals surface area contributed by atoms with Crippen LogP contribution in [0.1, 0.15) is 153 Å². The Balaban J connectivity index is 0.000000360. The predicted molar refractivity (Wildman–Crippen MR) is 221 cm³/mol. The minimum atomic E-state index is -4.41.